The van der Waals surface area contributed by atoms with Crippen molar-refractivity contribution in [2.45, 2.75) is 38.3 Å². The Balaban J connectivity index is 2.53. The van der Waals surface area contributed by atoms with E-state index in [1.54, 1.807) is 12.4 Å². The molecular weight excluding hydrogens is 286 g/mol. The maximum atomic E-state index is 10.8. The number of carbonyl (C=O) groups is 1. The Labute approximate surface area is 128 Å². The average Bonchev–Trinajstić information content (AvgIpc) is 2.80. The lowest BCUT2D eigenvalue weighted by atomic mass is 9.92. The second kappa shape index (κ2) is 5.89. The van der Waals surface area contributed by atoms with Gasteiger partial charge in [-0.15, -0.1) is 0 Å². The molecule has 0 radical (unpaired) electrons. The molecule has 2 heterocycles. The van der Waals surface area contributed by atoms with Crippen LogP contribution in [-0.4, -0.2) is 31.4 Å². The molecule has 0 aliphatic carbocycles. The smallest absolute Gasteiger partial charge is 0.313 e. The molecule has 21 heavy (non-hydrogen) atoms. The zero-order chi connectivity index (χ0) is 15.6. The summed E-state index contributed by atoms with van der Waals surface area (Å²) in [6.45, 7) is 8.30. The summed E-state index contributed by atoms with van der Waals surface area (Å²) in [4.78, 5) is 19.4. The van der Waals surface area contributed by atoms with Crippen molar-refractivity contribution in [3.63, 3.8) is 0 Å². The zero-order valence-corrected chi connectivity index (χ0v) is 13.4. The van der Waals surface area contributed by atoms with Gasteiger partial charge < -0.3 is 5.11 Å². The van der Waals surface area contributed by atoms with Gasteiger partial charge >= 0.3 is 5.97 Å². The first-order valence-electron chi connectivity index (χ1n) is 6.64. The minimum absolute atomic E-state index is 0.0140. The molecule has 0 atom stereocenters. The van der Waals surface area contributed by atoms with Crippen LogP contribution >= 0.6 is 11.8 Å². The molecule has 0 unspecified atom stereocenters. The minimum Gasteiger partial charge on any atom is -0.481 e. The highest BCUT2D eigenvalue weighted by atomic mass is 32.2. The number of aliphatic carboxylic acids is 1. The Morgan fingerprint density at radius 3 is 2.62 bits per heavy atom. The van der Waals surface area contributed by atoms with E-state index in [2.05, 4.69) is 30.7 Å². The van der Waals surface area contributed by atoms with Crippen molar-refractivity contribution in [3.05, 3.63) is 35.9 Å². The summed E-state index contributed by atoms with van der Waals surface area (Å²) in [5, 5.41) is 9.55. The summed E-state index contributed by atoms with van der Waals surface area (Å²) in [6.07, 6.45) is 5.38. The lowest BCUT2D eigenvalue weighted by Crippen LogP contribution is -2.17. The molecule has 2 rings (SSSR count). The van der Waals surface area contributed by atoms with E-state index in [0.29, 0.717) is 5.16 Å². The number of aromatic nitrogens is 3. The normalized spacial score (nSPS) is 11.6. The molecule has 0 spiro atoms. The van der Waals surface area contributed by atoms with Crippen LogP contribution in [0, 0.1) is 6.92 Å². The summed E-state index contributed by atoms with van der Waals surface area (Å²) in [5.74, 6) is -0.867. The molecule has 1 N–H and O–H groups in total. The molecule has 0 aromatic carbocycles. The highest BCUT2D eigenvalue weighted by molar-refractivity contribution is 7.99. The van der Waals surface area contributed by atoms with Crippen molar-refractivity contribution in [1.29, 1.82) is 0 Å². The first-order chi connectivity index (χ1) is 9.79. The summed E-state index contributed by atoms with van der Waals surface area (Å²) in [7, 11) is 0. The fraction of sp³-hybridized carbons (Fsp3) is 0.400. The highest BCUT2D eigenvalue weighted by Gasteiger charge is 2.23. The molecule has 112 valence electrons. The van der Waals surface area contributed by atoms with Crippen LogP contribution in [0.3, 0.4) is 0 Å². The first kappa shape index (κ1) is 15.6. The molecule has 2 aromatic heterocycles. The van der Waals surface area contributed by atoms with Gasteiger partial charge in [-0.2, -0.15) is 0 Å². The number of carboxylic acid groups (broad SMARTS) is 1. The average molecular weight is 305 g/mol. The SMILES string of the molecule is Cc1cncc(-n2c(C(C)(C)C)cnc2SCC(=O)O)c1. The summed E-state index contributed by atoms with van der Waals surface area (Å²) in [5.41, 5.74) is 2.89. The van der Waals surface area contributed by atoms with Crippen LogP contribution in [0.4, 0.5) is 0 Å². The van der Waals surface area contributed by atoms with E-state index in [9.17, 15) is 4.79 Å². The second-order valence-electron chi connectivity index (χ2n) is 5.91. The maximum absolute atomic E-state index is 10.8. The van der Waals surface area contributed by atoms with Crippen molar-refractivity contribution in [1.82, 2.24) is 14.5 Å². The molecule has 0 aliphatic rings. The molecule has 0 aliphatic heterocycles. The first-order valence-corrected chi connectivity index (χ1v) is 7.62. The summed E-state index contributed by atoms with van der Waals surface area (Å²) in [6, 6.07) is 2.02. The third-order valence-corrected chi connectivity index (χ3v) is 3.88. The number of thioether (sulfide) groups is 1. The summed E-state index contributed by atoms with van der Waals surface area (Å²) >= 11 is 1.22. The topological polar surface area (TPSA) is 68.0 Å². The predicted molar refractivity (Wildman–Crippen MR) is 83.2 cm³/mol. The van der Waals surface area contributed by atoms with Crippen LogP contribution < -0.4 is 0 Å². The maximum Gasteiger partial charge on any atom is 0.313 e. The number of imidazole rings is 1. The number of rotatable bonds is 4. The van der Waals surface area contributed by atoms with Gasteiger partial charge in [0.1, 0.15) is 0 Å². The van der Waals surface area contributed by atoms with Crippen molar-refractivity contribution in [2.75, 3.05) is 5.75 Å². The summed E-state index contributed by atoms with van der Waals surface area (Å²) < 4.78 is 1.99. The molecular formula is C15H19N3O2S. The fourth-order valence-electron chi connectivity index (χ4n) is 2.00. The predicted octanol–water partition coefficient (Wildman–Crippen LogP) is 3.05. The Kier molecular flexibility index (Phi) is 4.37. The standard InChI is InChI=1S/C15H19N3O2S/c1-10-5-11(7-16-6-10)18-12(15(2,3)4)8-17-14(18)21-9-13(19)20/h5-8H,9H2,1-4H3,(H,19,20). The van der Waals surface area contributed by atoms with Crippen LogP contribution in [0.5, 0.6) is 0 Å². The molecule has 5 nitrogen and oxygen atoms in total. The molecule has 0 saturated heterocycles. The third kappa shape index (κ3) is 3.64. The Morgan fingerprint density at radius 2 is 2.05 bits per heavy atom. The van der Waals surface area contributed by atoms with E-state index < -0.39 is 5.97 Å². The molecule has 2 aromatic rings. The van der Waals surface area contributed by atoms with Gasteiger partial charge in [0.05, 0.1) is 23.8 Å². The van der Waals surface area contributed by atoms with E-state index in [1.165, 1.54) is 11.8 Å². The molecule has 0 fully saturated rings. The van der Waals surface area contributed by atoms with Crippen LogP contribution in [0.2, 0.25) is 0 Å². The Bertz CT molecular complexity index is 659. The van der Waals surface area contributed by atoms with Gasteiger partial charge in [-0.05, 0) is 18.6 Å². The van der Waals surface area contributed by atoms with E-state index >= 15 is 0 Å². The number of pyridine rings is 1. The molecule has 0 bridgehead atoms. The molecule has 6 heteroatoms. The second-order valence-corrected chi connectivity index (χ2v) is 6.86. The highest BCUT2D eigenvalue weighted by Crippen LogP contribution is 2.30. The number of hydrogen-bond acceptors (Lipinski definition) is 4. The zero-order valence-electron chi connectivity index (χ0n) is 12.6. The van der Waals surface area contributed by atoms with Gasteiger partial charge in [0.2, 0.25) is 0 Å². The van der Waals surface area contributed by atoms with Gasteiger partial charge in [-0.25, -0.2) is 4.98 Å². The largest absolute Gasteiger partial charge is 0.481 e. The van der Waals surface area contributed by atoms with Crippen molar-refractivity contribution in [2.24, 2.45) is 0 Å². The monoisotopic (exact) mass is 305 g/mol. The number of aryl methyl sites for hydroxylation is 1. The lowest BCUT2D eigenvalue weighted by molar-refractivity contribution is -0.133. The van der Waals surface area contributed by atoms with Crippen molar-refractivity contribution < 1.29 is 9.90 Å². The van der Waals surface area contributed by atoms with Crippen LogP contribution in [0.25, 0.3) is 5.69 Å². The van der Waals surface area contributed by atoms with Gasteiger partial charge in [-0.1, -0.05) is 32.5 Å². The van der Waals surface area contributed by atoms with Gasteiger partial charge in [0, 0.05) is 17.3 Å². The van der Waals surface area contributed by atoms with Crippen molar-refractivity contribution in [3.8, 4) is 5.69 Å². The van der Waals surface area contributed by atoms with E-state index in [1.807, 2.05) is 23.8 Å². The number of carboxylic acids is 1. The van der Waals surface area contributed by atoms with Crippen molar-refractivity contribution >= 4 is 17.7 Å². The fourth-order valence-corrected chi connectivity index (χ4v) is 2.72. The van der Waals surface area contributed by atoms with Gasteiger partial charge in [-0.3, -0.25) is 14.3 Å². The minimum atomic E-state index is -0.853. The van der Waals surface area contributed by atoms with E-state index in [-0.39, 0.29) is 11.2 Å². The van der Waals surface area contributed by atoms with Gasteiger partial charge in [0.15, 0.2) is 5.16 Å². The van der Waals surface area contributed by atoms with Crippen LogP contribution in [0.1, 0.15) is 32.0 Å². The Hall–Kier alpha value is -1.82. The van der Waals surface area contributed by atoms with E-state index in [0.717, 1.165) is 16.9 Å². The number of hydrogen-bond donors (Lipinski definition) is 1. The lowest BCUT2D eigenvalue weighted by Gasteiger charge is -2.21. The third-order valence-electron chi connectivity index (χ3n) is 2.94. The Morgan fingerprint density at radius 1 is 1.33 bits per heavy atom. The quantitative estimate of drug-likeness (QED) is 0.879. The number of nitrogens with zero attached hydrogens (tertiary/aromatic N) is 3. The van der Waals surface area contributed by atoms with Crippen LogP contribution in [0.15, 0.2) is 29.8 Å². The van der Waals surface area contributed by atoms with E-state index in [4.69, 9.17) is 5.11 Å². The molecule has 0 saturated carbocycles. The van der Waals surface area contributed by atoms with Gasteiger partial charge in [0.25, 0.3) is 0 Å². The van der Waals surface area contributed by atoms with Crippen LogP contribution in [-0.2, 0) is 10.2 Å². The molecule has 0 amide bonds.